The molecule has 7 heteroatoms. The highest BCUT2D eigenvalue weighted by Gasteiger charge is 2.45. The summed E-state index contributed by atoms with van der Waals surface area (Å²) in [6, 6.07) is 7.12. The van der Waals surface area contributed by atoms with Crippen LogP contribution in [0.25, 0.3) is 0 Å². The maximum Gasteiger partial charge on any atom is 0.252 e. The molecule has 0 aliphatic heterocycles. The van der Waals surface area contributed by atoms with E-state index in [2.05, 4.69) is 21.2 Å². The zero-order chi connectivity index (χ0) is 20.5. The quantitative estimate of drug-likeness (QED) is 0.752. The monoisotopic (exact) mass is 445 g/mol. The number of aromatic nitrogens is 2. The number of halogens is 1. The Labute approximate surface area is 175 Å². The van der Waals surface area contributed by atoms with Crippen LogP contribution in [-0.4, -0.2) is 36.0 Å². The number of amides is 1. The van der Waals surface area contributed by atoms with E-state index >= 15 is 0 Å². The van der Waals surface area contributed by atoms with E-state index in [0.29, 0.717) is 11.4 Å². The Bertz CT molecular complexity index is 885. The molecule has 2 atom stereocenters. The third-order valence-corrected chi connectivity index (χ3v) is 6.07. The van der Waals surface area contributed by atoms with Crippen LogP contribution < -0.4 is 16.0 Å². The summed E-state index contributed by atoms with van der Waals surface area (Å²) in [4.78, 5) is 24.7. The Balaban J connectivity index is 2.08. The van der Waals surface area contributed by atoms with Gasteiger partial charge >= 0.3 is 0 Å². The zero-order valence-corrected chi connectivity index (χ0v) is 18.5. The first-order chi connectivity index (χ1) is 13.2. The number of nitrogens with one attached hydrogen (secondary N) is 1. The van der Waals surface area contributed by atoms with Gasteiger partial charge in [-0.2, -0.15) is 0 Å². The number of carbonyl (C=O) groups excluding carboxylic acids is 1. The van der Waals surface area contributed by atoms with Gasteiger partial charge in [-0.3, -0.25) is 4.79 Å². The second-order valence-corrected chi connectivity index (χ2v) is 8.68. The molecular weight excluding hydrogens is 418 g/mol. The van der Waals surface area contributed by atoms with Crippen LogP contribution >= 0.6 is 15.9 Å². The molecule has 1 fully saturated rings. The van der Waals surface area contributed by atoms with Crippen molar-refractivity contribution in [2.75, 3.05) is 19.0 Å². The molecular formula is C21H28BrN5O. The van der Waals surface area contributed by atoms with Gasteiger partial charge in [-0.15, -0.1) is 0 Å². The Hall–Kier alpha value is -1.99. The first kappa shape index (κ1) is 20.7. The summed E-state index contributed by atoms with van der Waals surface area (Å²) in [5, 5.41) is 3.23. The molecule has 1 aliphatic carbocycles. The summed E-state index contributed by atoms with van der Waals surface area (Å²) in [5.41, 5.74) is 8.35. The van der Waals surface area contributed by atoms with Crippen molar-refractivity contribution < 1.29 is 4.79 Å². The van der Waals surface area contributed by atoms with E-state index in [1.165, 1.54) is 0 Å². The van der Waals surface area contributed by atoms with Gasteiger partial charge in [0.25, 0.3) is 5.91 Å². The molecule has 0 bridgehead atoms. The summed E-state index contributed by atoms with van der Waals surface area (Å²) in [6.45, 7) is 3.99. The lowest BCUT2D eigenvalue weighted by Crippen LogP contribution is -2.60. The van der Waals surface area contributed by atoms with Gasteiger partial charge < -0.3 is 16.0 Å². The highest BCUT2D eigenvalue weighted by Crippen LogP contribution is 2.36. The number of nitrogens with two attached hydrogens (primary N) is 1. The fraction of sp³-hybridized carbons (Fsp3) is 0.476. The first-order valence-corrected chi connectivity index (χ1v) is 10.4. The summed E-state index contributed by atoms with van der Waals surface area (Å²) < 4.78 is 0.861. The highest BCUT2D eigenvalue weighted by atomic mass is 79.9. The highest BCUT2D eigenvalue weighted by molar-refractivity contribution is 9.10. The van der Waals surface area contributed by atoms with Crippen molar-refractivity contribution in [2.24, 2.45) is 5.73 Å². The molecule has 0 unspecified atom stereocenters. The van der Waals surface area contributed by atoms with Gasteiger partial charge in [0.2, 0.25) is 0 Å². The molecule has 1 saturated carbocycles. The molecule has 150 valence electrons. The van der Waals surface area contributed by atoms with E-state index in [1.54, 1.807) is 6.07 Å². The minimum Gasteiger partial charge on any atom is -0.362 e. The molecule has 6 nitrogen and oxygen atoms in total. The topological polar surface area (TPSA) is 84.1 Å². The number of aryl methyl sites for hydroxylation is 1. The van der Waals surface area contributed by atoms with Crippen molar-refractivity contribution in [1.82, 2.24) is 15.3 Å². The second kappa shape index (κ2) is 8.17. The maximum absolute atomic E-state index is 13.1. The molecule has 0 radical (unpaired) electrons. The Morgan fingerprint density at radius 2 is 2.04 bits per heavy atom. The lowest BCUT2D eigenvalue weighted by molar-refractivity contribution is 0.0831. The standard InChI is InChI=1S/C21H28BrN5O/c1-13-14(2)24-20(25-18(13)27(3)4)21(11-6-5-10-17(21)23)26-19(28)15-8-7-9-16(22)12-15/h7-9,12,17H,5-6,10-11,23H2,1-4H3,(H,26,28)/t17-,21+/m1/s1. The van der Waals surface area contributed by atoms with Crippen LogP contribution in [0.1, 0.15) is 53.1 Å². The number of nitrogens with zero attached hydrogens (tertiary/aromatic N) is 3. The van der Waals surface area contributed by atoms with Crippen molar-refractivity contribution in [1.29, 1.82) is 0 Å². The van der Waals surface area contributed by atoms with Gasteiger partial charge in [0.15, 0.2) is 5.82 Å². The average Bonchev–Trinajstić information content (AvgIpc) is 2.65. The number of hydrogen-bond acceptors (Lipinski definition) is 5. The largest absolute Gasteiger partial charge is 0.362 e. The lowest BCUT2D eigenvalue weighted by Gasteiger charge is -2.42. The molecule has 1 heterocycles. The minimum absolute atomic E-state index is 0.160. The number of carbonyl (C=O) groups is 1. The van der Waals surface area contributed by atoms with Crippen molar-refractivity contribution in [3.05, 3.63) is 51.4 Å². The Morgan fingerprint density at radius 1 is 1.29 bits per heavy atom. The Kier molecular flexibility index (Phi) is 6.05. The third-order valence-electron chi connectivity index (χ3n) is 5.58. The van der Waals surface area contributed by atoms with E-state index in [9.17, 15) is 4.79 Å². The van der Waals surface area contributed by atoms with Crippen LogP contribution in [0.5, 0.6) is 0 Å². The van der Waals surface area contributed by atoms with Crippen LogP contribution in [0.2, 0.25) is 0 Å². The molecule has 1 aliphatic rings. The first-order valence-electron chi connectivity index (χ1n) is 9.61. The predicted octanol–water partition coefficient (Wildman–Crippen LogP) is 3.45. The van der Waals surface area contributed by atoms with Crippen molar-refractivity contribution >= 4 is 27.7 Å². The van der Waals surface area contributed by atoms with E-state index in [4.69, 9.17) is 15.7 Å². The zero-order valence-electron chi connectivity index (χ0n) is 16.9. The van der Waals surface area contributed by atoms with E-state index in [-0.39, 0.29) is 11.9 Å². The van der Waals surface area contributed by atoms with Gasteiger partial charge in [-0.1, -0.05) is 34.8 Å². The maximum atomic E-state index is 13.1. The normalized spacial score (nSPS) is 22.0. The summed E-state index contributed by atoms with van der Waals surface area (Å²) >= 11 is 3.43. The smallest absolute Gasteiger partial charge is 0.252 e. The molecule has 1 amide bonds. The van der Waals surface area contributed by atoms with Crippen molar-refractivity contribution in [3.63, 3.8) is 0 Å². The van der Waals surface area contributed by atoms with E-state index in [0.717, 1.165) is 47.2 Å². The van der Waals surface area contributed by atoms with Crippen LogP contribution in [0, 0.1) is 13.8 Å². The fourth-order valence-corrected chi connectivity index (χ4v) is 4.24. The summed E-state index contributed by atoms with van der Waals surface area (Å²) in [5.74, 6) is 1.30. The van der Waals surface area contributed by atoms with Crippen LogP contribution in [0.4, 0.5) is 5.82 Å². The van der Waals surface area contributed by atoms with Gasteiger partial charge in [0, 0.05) is 41.4 Å². The SMILES string of the molecule is Cc1nc([C@]2(NC(=O)c3cccc(Br)c3)CCCC[C@H]2N)nc(N(C)C)c1C. The summed E-state index contributed by atoms with van der Waals surface area (Å²) in [6.07, 6.45) is 3.57. The molecule has 1 aromatic heterocycles. The van der Waals surface area contributed by atoms with Gasteiger partial charge in [0.05, 0.1) is 0 Å². The molecule has 3 rings (SSSR count). The van der Waals surface area contributed by atoms with Crippen molar-refractivity contribution in [2.45, 2.75) is 51.1 Å². The molecule has 0 spiro atoms. The second-order valence-electron chi connectivity index (χ2n) is 7.76. The molecule has 0 saturated heterocycles. The number of anilines is 1. The molecule has 1 aromatic carbocycles. The summed E-state index contributed by atoms with van der Waals surface area (Å²) in [7, 11) is 3.93. The fourth-order valence-electron chi connectivity index (χ4n) is 3.84. The van der Waals surface area contributed by atoms with Gasteiger partial charge in [0.1, 0.15) is 11.4 Å². The van der Waals surface area contributed by atoms with E-state index in [1.807, 2.05) is 51.0 Å². The van der Waals surface area contributed by atoms with Gasteiger partial charge in [-0.05, 0) is 44.9 Å². The predicted molar refractivity (Wildman–Crippen MR) is 116 cm³/mol. The molecule has 2 aromatic rings. The molecule has 3 N–H and O–H groups in total. The Morgan fingerprint density at radius 3 is 2.68 bits per heavy atom. The van der Waals surface area contributed by atoms with Gasteiger partial charge in [-0.25, -0.2) is 9.97 Å². The minimum atomic E-state index is -0.777. The number of benzene rings is 1. The number of hydrogen-bond donors (Lipinski definition) is 2. The van der Waals surface area contributed by atoms with Crippen molar-refractivity contribution in [3.8, 4) is 0 Å². The third kappa shape index (κ3) is 3.91. The van der Waals surface area contributed by atoms with Crippen LogP contribution in [0.3, 0.4) is 0 Å². The number of rotatable bonds is 4. The van der Waals surface area contributed by atoms with Crippen LogP contribution in [0.15, 0.2) is 28.7 Å². The average molecular weight is 446 g/mol. The van der Waals surface area contributed by atoms with Crippen LogP contribution in [-0.2, 0) is 5.54 Å². The van der Waals surface area contributed by atoms with E-state index < -0.39 is 5.54 Å². The lowest BCUT2D eigenvalue weighted by atomic mass is 9.76. The molecule has 28 heavy (non-hydrogen) atoms.